The van der Waals surface area contributed by atoms with E-state index in [0.717, 1.165) is 24.0 Å². The average molecular weight is 383 g/mol. The first-order valence-electron chi connectivity index (χ1n) is 9.00. The molecule has 27 heavy (non-hydrogen) atoms. The predicted octanol–water partition coefficient (Wildman–Crippen LogP) is 4.50. The van der Waals surface area contributed by atoms with Gasteiger partial charge >= 0.3 is 0 Å². The number of amides is 1. The fourth-order valence-corrected chi connectivity index (χ4v) is 3.75. The Morgan fingerprint density at radius 1 is 1.30 bits per heavy atom. The number of carbonyl (C=O) groups excluding carboxylic acids is 1. The van der Waals surface area contributed by atoms with E-state index in [1.807, 2.05) is 13.0 Å². The van der Waals surface area contributed by atoms with E-state index in [2.05, 4.69) is 11.9 Å². The lowest BCUT2D eigenvalue weighted by Crippen LogP contribution is -2.30. The van der Waals surface area contributed by atoms with Gasteiger partial charge in [-0.05, 0) is 42.7 Å². The molecule has 0 aliphatic carbocycles. The van der Waals surface area contributed by atoms with Crippen LogP contribution in [-0.4, -0.2) is 22.3 Å². The molecule has 3 heterocycles. The third-order valence-corrected chi connectivity index (χ3v) is 5.41. The first-order valence-corrected chi connectivity index (χ1v) is 9.38. The second kappa shape index (κ2) is 6.82. The van der Waals surface area contributed by atoms with Crippen molar-refractivity contribution in [3.8, 4) is 0 Å². The molecule has 5 nitrogen and oxygen atoms in total. The molecule has 4 rings (SSSR count). The third kappa shape index (κ3) is 2.82. The zero-order chi connectivity index (χ0) is 19.1. The van der Waals surface area contributed by atoms with Gasteiger partial charge < -0.3 is 9.32 Å². The van der Waals surface area contributed by atoms with Gasteiger partial charge in [-0.15, -0.1) is 0 Å². The molecule has 1 aliphatic heterocycles. The van der Waals surface area contributed by atoms with E-state index in [0.29, 0.717) is 28.1 Å². The summed E-state index contributed by atoms with van der Waals surface area (Å²) in [6.07, 6.45) is 5.15. The minimum Gasteiger partial charge on any atom is -0.450 e. The van der Waals surface area contributed by atoms with E-state index < -0.39 is 6.04 Å². The number of fused-ring (bicyclic) bond motifs is 2. The van der Waals surface area contributed by atoms with Crippen molar-refractivity contribution in [3.05, 3.63) is 74.4 Å². The molecule has 0 bridgehead atoms. The maximum absolute atomic E-state index is 13.3. The number of halogens is 1. The number of hydrogen-bond donors (Lipinski definition) is 0. The Balaban J connectivity index is 1.99. The molecule has 0 fully saturated rings. The van der Waals surface area contributed by atoms with E-state index in [9.17, 15) is 9.59 Å². The Bertz CT molecular complexity index is 1090. The highest BCUT2D eigenvalue weighted by Crippen LogP contribution is 2.38. The topological polar surface area (TPSA) is 63.4 Å². The first-order chi connectivity index (χ1) is 13.0. The molecular formula is C21H19ClN2O3. The van der Waals surface area contributed by atoms with Gasteiger partial charge in [-0.2, -0.15) is 0 Å². The average Bonchev–Trinajstić information content (AvgIpc) is 2.95. The summed E-state index contributed by atoms with van der Waals surface area (Å²) in [5.41, 5.74) is 2.14. The van der Waals surface area contributed by atoms with Crippen molar-refractivity contribution in [1.82, 2.24) is 9.88 Å². The van der Waals surface area contributed by atoms with Gasteiger partial charge in [0.05, 0.1) is 17.0 Å². The Morgan fingerprint density at radius 2 is 2.11 bits per heavy atom. The van der Waals surface area contributed by atoms with Crippen LogP contribution in [0.15, 0.2) is 45.9 Å². The molecule has 2 aromatic heterocycles. The molecule has 1 amide bonds. The van der Waals surface area contributed by atoms with Gasteiger partial charge in [0.2, 0.25) is 5.76 Å². The molecule has 0 saturated carbocycles. The third-order valence-electron chi connectivity index (χ3n) is 5.00. The predicted molar refractivity (Wildman–Crippen MR) is 104 cm³/mol. The van der Waals surface area contributed by atoms with Crippen LogP contribution in [0.3, 0.4) is 0 Å². The van der Waals surface area contributed by atoms with Crippen LogP contribution in [-0.2, 0) is 0 Å². The Labute approximate surface area is 161 Å². The maximum atomic E-state index is 13.3. The van der Waals surface area contributed by atoms with Crippen molar-refractivity contribution in [1.29, 1.82) is 0 Å². The molecule has 0 spiro atoms. The summed E-state index contributed by atoms with van der Waals surface area (Å²) in [6.45, 7) is 4.45. The van der Waals surface area contributed by atoms with Crippen LogP contribution in [0.2, 0.25) is 5.02 Å². The quantitative estimate of drug-likeness (QED) is 0.666. The van der Waals surface area contributed by atoms with Crippen molar-refractivity contribution in [2.24, 2.45) is 0 Å². The van der Waals surface area contributed by atoms with Crippen LogP contribution in [0.1, 0.15) is 53.1 Å². The van der Waals surface area contributed by atoms with Crippen molar-refractivity contribution >= 4 is 28.5 Å². The number of nitrogens with zero attached hydrogens (tertiary/aromatic N) is 2. The summed E-state index contributed by atoms with van der Waals surface area (Å²) < 4.78 is 5.92. The summed E-state index contributed by atoms with van der Waals surface area (Å²) >= 11 is 6.22. The van der Waals surface area contributed by atoms with Crippen LogP contribution in [0.25, 0.3) is 11.0 Å². The fraction of sp³-hybridized carbons (Fsp3) is 0.286. The molecule has 0 N–H and O–H groups in total. The standard InChI is InChI=1S/C21H19ClN2O3/c1-3-4-8-24-18(13-6-5-7-23-11-13)17-19(25)14-10-15(22)12(2)9-16(14)27-20(17)21(24)26/h5-7,9-11,18H,3-4,8H2,1-2H3. The van der Waals surface area contributed by atoms with Crippen molar-refractivity contribution in [2.45, 2.75) is 32.7 Å². The number of hydrogen-bond acceptors (Lipinski definition) is 4. The van der Waals surface area contributed by atoms with E-state index >= 15 is 0 Å². The minimum atomic E-state index is -0.492. The van der Waals surface area contributed by atoms with E-state index in [-0.39, 0.29) is 17.1 Å². The molecule has 6 heteroatoms. The molecule has 1 aliphatic rings. The Hall–Kier alpha value is -2.66. The van der Waals surface area contributed by atoms with Crippen LogP contribution in [0.4, 0.5) is 0 Å². The summed E-state index contributed by atoms with van der Waals surface area (Å²) in [5.74, 6) is -0.127. The van der Waals surface area contributed by atoms with Gasteiger partial charge in [-0.25, -0.2) is 0 Å². The van der Waals surface area contributed by atoms with Gasteiger partial charge in [0, 0.05) is 24.0 Å². The molecule has 0 radical (unpaired) electrons. The van der Waals surface area contributed by atoms with Crippen molar-refractivity contribution in [3.63, 3.8) is 0 Å². The van der Waals surface area contributed by atoms with Crippen LogP contribution in [0, 0.1) is 6.92 Å². The number of pyridine rings is 1. The highest BCUT2D eigenvalue weighted by atomic mass is 35.5. The molecule has 1 unspecified atom stereocenters. The zero-order valence-electron chi connectivity index (χ0n) is 15.2. The van der Waals surface area contributed by atoms with Gasteiger partial charge in [-0.1, -0.05) is 31.0 Å². The number of aromatic nitrogens is 1. The number of aryl methyl sites for hydroxylation is 1. The summed E-state index contributed by atoms with van der Waals surface area (Å²) in [5, 5.41) is 0.892. The summed E-state index contributed by atoms with van der Waals surface area (Å²) in [7, 11) is 0. The largest absolute Gasteiger partial charge is 0.450 e. The van der Waals surface area contributed by atoms with Crippen LogP contribution < -0.4 is 5.43 Å². The molecule has 138 valence electrons. The lowest BCUT2D eigenvalue weighted by Gasteiger charge is -2.24. The minimum absolute atomic E-state index is 0.124. The fourth-order valence-electron chi connectivity index (χ4n) is 3.58. The summed E-state index contributed by atoms with van der Waals surface area (Å²) in [4.78, 5) is 32.3. The first kappa shape index (κ1) is 17.7. The number of rotatable bonds is 4. The lowest BCUT2D eigenvalue weighted by atomic mass is 9.99. The molecule has 1 aromatic carbocycles. The second-order valence-electron chi connectivity index (χ2n) is 6.81. The van der Waals surface area contributed by atoms with Crippen LogP contribution >= 0.6 is 11.6 Å². The molecular weight excluding hydrogens is 364 g/mol. The number of benzene rings is 1. The maximum Gasteiger partial charge on any atom is 0.290 e. The van der Waals surface area contributed by atoms with E-state index in [1.54, 1.807) is 35.5 Å². The molecule has 0 saturated heterocycles. The normalized spacial score (nSPS) is 16.2. The van der Waals surface area contributed by atoms with Crippen LogP contribution in [0.5, 0.6) is 0 Å². The van der Waals surface area contributed by atoms with Gasteiger partial charge in [-0.3, -0.25) is 14.6 Å². The molecule has 1 atom stereocenters. The van der Waals surface area contributed by atoms with E-state index in [4.69, 9.17) is 16.0 Å². The highest BCUT2D eigenvalue weighted by Gasteiger charge is 2.42. The van der Waals surface area contributed by atoms with Crippen molar-refractivity contribution in [2.75, 3.05) is 6.54 Å². The smallest absolute Gasteiger partial charge is 0.290 e. The van der Waals surface area contributed by atoms with E-state index in [1.165, 1.54) is 0 Å². The van der Waals surface area contributed by atoms with Gasteiger partial charge in [0.15, 0.2) is 5.43 Å². The Morgan fingerprint density at radius 3 is 2.81 bits per heavy atom. The number of carbonyl (C=O) groups is 1. The zero-order valence-corrected chi connectivity index (χ0v) is 15.9. The van der Waals surface area contributed by atoms with Gasteiger partial charge in [0.1, 0.15) is 5.58 Å². The van der Waals surface area contributed by atoms with Crippen molar-refractivity contribution < 1.29 is 9.21 Å². The second-order valence-corrected chi connectivity index (χ2v) is 7.22. The monoisotopic (exact) mass is 382 g/mol. The highest BCUT2D eigenvalue weighted by molar-refractivity contribution is 6.32. The Kier molecular flexibility index (Phi) is 4.48. The lowest BCUT2D eigenvalue weighted by molar-refractivity contribution is 0.0725. The summed E-state index contributed by atoms with van der Waals surface area (Å²) in [6, 6.07) is 6.52. The number of unbranched alkanes of at least 4 members (excludes halogenated alkanes) is 1. The molecule has 3 aromatic rings. The SMILES string of the molecule is CCCCN1C(=O)c2oc3cc(C)c(Cl)cc3c(=O)c2C1c1cccnc1. The van der Waals surface area contributed by atoms with Gasteiger partial charge in [0.25, 0.3) is 5.91 Å².